The Kier molecular flexibility index (Phi) is 5.71. The summed E-state index contributed by atoms with van der Waals surface area (Å²) in [5.74, 6) is 2.28. The monoisotopic (exact) mass is 330 g/mol. The maximum atomic E-state index is 12.0. The van der Waals surface area contributed by atoms with Crippen molar-refractivity contribution in [2.45, 2.75) is 25.6 Å². The van der Waals surface area contributed by atoms with Gasteiger partial charge in [-0.1, -0.05) is 24.3 Å². The zero-order valence-corrected chi connectivity index (χ0v) is 13.9. The van der Waals surface area contributed by atoms with Gasteiger partial charge in [-0.05, 0) is 11.1 Å². The van der Waals surface area contributed by atoms with Gasteiger partial charge in [0.1, 0.15) is 0 Å². The van der Waals surface area contributed by atoms with Gasteiger partial charge in [-0.3, -0.25) is 4.79 Å². The van der Waals surface area contributed by atoms with Crippen molar-refractivity contribution in [3.63, 3.8) is 0 Å². The standard InChI is InChI=1S/C17H22N4OS/c22-17(9-16-12-23-8-6-19-16)20-10-14-1-3-15(4-2-14)11-21-7-5-18-13-21/h1-5,7,13,16,19H,6,8-12H2,(H,20,22). The number of hydrogen-bond acceptors (Lipinski definition) is 4. The molecule has 1 aliphatic heterocycles. The predicted molar refractivity (Wildman–Crippen MR) is 93.4 cm³/mol. The summed E-state index contributed by atoms with van der Waals surface area (Å²) in [5, 5.41) is 6.40. The molecule has 2 N–H and O–H groups in total. The van der Waals surface area contributed by atoms with Gasteiger partial charge < -0.3 is 15.2 Å². The van der Waals surface area contributed by atoms with E-state index in [-0.39, 0.29) is 5.91 Å². The highest BCUT2D eigenvalue weighted by atomic mass is 32.2. The second-order valence-corrected chi connectivity index (χ2v) is 6.91. The van der Waals surface area contributed by atoms with Gasteiger partial charge in [0.15, 0.2) is 0 Å². The Hall–Kier alpha value is -1.79. The van der Waals surface area contributed by atoms with Gasteiger partial charge in [0.25, 0.3) is 0 Å². The molecule has 0 radical (unpaired) electrons. The van der Waals surface area contributed by atoms with E-state index in [0.29, 0.717) is 19.0 Å². The minimum absolute atomic E-state index is 0.118. The first-order valence-electron chi connectivity index (χ1n) is 7.91. The summed E-state index contributed by atoms with van der Waals surface area (Å²) in [6.45, 7) is 2.41. The number of nitrogens with one attached hydrogen (secondary N) is 2. The number of imidazole rings is 1. The topological polar surface area (TPSA) is 59.0 Å². The van der Waals surface area contributed by atoms with Crippen LogP contribution >= 0.6 is 11.8 Å². The van der Waals surface area contributed by atoms with Crippen molar-refractivity contribution in [3.8, 4) is 0 Å². The fourth-order valence-corrected chi connectivity index (χ4v) is 3.55. The van der Waals surface area contributed by atoms with Crippen molar-refractivity contribution in [3.05, 3.63) is 54.1 Å². The number of amides is 1. The zero-order chi connectivity index (χ0) is 15.9. The lowest BCUT2D eigenvalue weighted by Gasteiger charge is -2.22. The summed E-state index contributed by atoms with van der Waals surface area (Å²) < 4.78 is 2.03. The zero-order valence-electron chi connectivity index (χ0n) is 13.1. The molecule has 3 rings (SSSR count). The largest absolute Gasteiger partial charge is 0.352 e. The number of rotatable bonds is 6. The van der Waals surface area contributed by atoms with Gasteiger partial charge in [-0.2, -0.15) is 11.8 Å². The molecule has 1 saturated heterocycles. The van der Waals surface area contributed by atoms with Gasteiger partial charge in [-0.15, -0.1) is 0 Å². The van der Waals surface area contributed by atoms with Crippen molar-refractivity contribution in [1.82, 2.24) is 20.2 Å². The fourth-order valence-electron chi connectivity index (χ4n) is 2.60. The van der Waals surface area contributed by atoms with Crippen LogP contribution in [0.15, 0.2) is 43.0 Å². The Labute approximate surface area is 140 Å². The summed E-state index contributed by atoms with van der Waals surface area (Å²) in [4.78, 5) is 16.0. The Morgan fingerprint density at radius 2 is 2.17 bits per heavy atom. The van der Waals surface area contributed by atoms with Gasteiger partial charge >= 0.3 is 0 Å². The minimum atomic E-state index is 0.118. The lowest BCUT2D eigenvalue weighted by Crippen LogP contribution is -2.41. The molecule has 0 aliphatic carbocycles. The molecule has 1 fully saturated rings. The van der Waals surface area contributed by atoms with E-state index in [1.54, 1.807) is 6.20 Å². The smallest absolute Gasteiger partial charge is 0.221 e. The second kappa shape index (κ2) is 8.17. The third-order valence-corrected chi connectivity index (χ3v) is 5.00. The fraction of sp³-hybridized carbons (Fsp3) is 0.412. The number of carbonyl (C=O) groups is 1. The number of nitrogens with zero attached hydrogens (tertiary/aromatic N) is 2. The van der Waals surface area contributed by atoms with E-state index in [9.17, 15) is 4.79 Å². The molecule has 0 saturated carbocycles. The van der Waals surface area contributed by atoms with E-state index in [0.717, 1.165) is 30.2 Å². The lowest BCUT2D eigenvalue weighted by atomic mass is 10.1. The predicted octanol–water partition coefficient (Wildman–Crippen LogP) is 1.64. The van der Waals surface area contributed by atoms with Crippen LogP contribution in [0.5, 0.6) is 0 Å². The number of benzene rings is 1. The lowest BCUT2D eigenvalue weighted by molar-refractivity contribution is -0.121. The molecule has 0 spiro atoms. The van der Waals surface area contributed by atoms with Crippen LogP contribution in [-0.4, -0.2) is 39.6 Å². The van der Waals surface area contributed by atoms with Crippen molar-refractivity contribution < 1.29 is 4.79 Å². The Morgan fingerprint density at radius 3 is 2.87 bits per heavy atom. The summed E-state index contributed by atoms with van der Waals surface area (Å²) in [5.41, 5.74) is 2.35. The number of aromatic nitrogens is 2. The van der Waals surface area contributed by atoms with Crippen LogP contribution in [0, 0.1) is 0 Å². The maximum Gasteiger partial charge on any atom is 0.221 e. The molecule has 6 heteroatoms. The first-order chi connectivity index (χ1) is 11.3. The molecule has 23 heavy (non-hydrogen) atoms. The van der Waals surface area contributed by atoms with Crippen molar-refractivity contribution in [2.75, 3.05) is 18.1 Å². The molecule has 2 heterocycles. The number of hydrogen-bond donors (Lipinski definition) is 2. The Morgan fingerprint density at radius 1 is 1.35 bits per heavy atom. The van der Waals surface area contributed by atoms with E-state index in [4.69, 9.17) is 0 Å². The highest BCUT2D eigenvalue weighted by Gasteiger charge is 2.16. The van der Waals surface area contributed by atoms with Crippen LogP contribution in [0.25, 0.3) is 0 Å². The van der Waals surface area contributed by atoms with Crippen LogP contribution < -0.4 is 10.6 Å². The molecule has 122 valence electrons. The normalized spacial score (nSPS) is 17.8. The molecule has 0 bridgehead atoms. The molecular formula is C17H22N4OS. The van der Waals surface area contributed by atoms with E-state index in [1.165, 1.54) is 5.56 Å². The van der Waals surface area contributed by atoms with Crippen molar-refractivity contribution in [1.29, 1.82) is 0 Å². The van der Waals surface area contributed by atoms with E-state index in [2.05, 4.69) is 39.9 Å². The SMILES string of the molecule is O=C(CC1CSCCN1)NCc1ccc(Cn2ccnc2)cc1. The average molecular weight is 330 g/mol. The molecule has 1 aromatic heterocycles. The third kappa shape index (κ3) is 5.11. The van der Waals surface area contributed by atoms with Crippen molar-refractivity contribution >= 4 is 17.7 Å². The van der Waals surface area contributed by atoms with Gasteiger partial charge in [0.2, 0.25) is 5.91 Å². The van der Waals surface area contributed by atoms with Gasteiger partial charge in [0.05, 0.1) is 6.33 Å². The van der Waals surface area contributed by atoms with Gasteiger partial charge in [0, 0.05) is 56.0 Å². The molecule has 2 aromatic rings. The molecular weight excluding hydrogens is 308 g/mol. The highest BCUT2D eigenvalue weighted by Crippen LogP contribution is 2.10. The van der Waals surface area contributed by atoms with Crippen molar-refractivity contribution in [2.24, 2.45) is 0 Å². The first-order valence-corrected chi connectivity index (χ1v) is 9.06. The van der Waals surface area contributed by atoms with Crippen LogP contribution in [-0.2, 0) is 17.9 Å². The average Bonchev–Trinajstić information content (AvgIpc) is 3.08. The Balaban J connectivity index is 1.43. The molecule has 1 unspecified atom stereocenters. The second-order valence-electron chi connectivity index (χ2n) is 5.76. The van der Waals surface area contributed by atoms with E-state index < -0.39 is 0 Å². The molecule has 1 atom stereocenters. The Bertz CT molecular complexity index is 606. The summed E-state index contributed by atoms with van der Waals surface area (Å²) in [6.07, 6.45) is 6.10. The van der Waals surface area contributed by atoms with Gasteiger partial charge in [-0.25, -0.2) is 4.98 Å². The maximum absolute atomic E-state index is 12.0. The summed E-state index contributed by atoms with van der Waals surface area (Å²) >= 11 is 1.91. The summed E-state index contributed by atoms with van der Waals surface area (Å²) in [6, 6.07) is 8.65. The molecule has 1 amide bonds. The van der Waals surface area contributed by atoms with Crippen LogP contribution in [0.4, 0.5) is 0 Å². The highest BCUT2D eigenvalue weighted by molar-refractivity contribution is 7.99. The molecule has 1 aromatic carbocycles. The van der Waals surface area contributed by atoms with Crippen LogP contribution in [0.2, 0.25) is 0 Å². The van der Waals surface area contributed by atoms with E-state index >= 15 is 0 Å². The van der Waals surface area contributed by atoms with E-state index in [1.807, 2.05) is 28.9 Å². The quantitative estimate of drug-likeness (QED) is 0.845. The first kappa shape index (κ1) is 16.1. The number of carbonyl (C=O) groups excluding carboxylic acids is 1. The molecule has 5 nitrogen and oxygen atoms in total. The minimum Gasteiger partial charge on any atom is -0.352 e. The summed E-state index contributed by atoms with van der Waals surface area (Å²) in [7, 11) is 0. The third-order valence-electron chi connectivity index (χ3n) is 3.87. The van der Waals surface area contributed by atoms with Crippen LogP contribution in [0.1, 0.15) is 17.5 Å². The number of thioether (sulfide) groups is 1. The van der Waals surface area contributed by atoms with Crippen LogP contribution in [0.3, 0.4) is 0 Å². The molecule has 1 aliphatic rings.